The highest BCUT2D eigenvalue weighted by atomic mass is 16.5. The quantitative estimate of drug-likeness (QED) is 0.913. The molecule has 1 heterocycles. The molecule has 0 spiro atoms. The molecule has 3 nitrogen and oxygen atoms in total. The molecule has 1 aliphatic heterocycles. The van der Waals surface area contributed by atoms with Crippen LogP contribution < -0.4 is 15.2 Å². The summed E-state index contributed by atoms with van der Waals surface area (Å²) in [7, 11) is 0. The molecule has 21 heavy (non-hydrogen) atoms. The van der Waals surface area contributed by atoms with Gasteiger partial charge in [0.15, 0.2) is 0 Å². The summed E-state index contributed by atoms with van der Waals surface area (Å²) >= 11 is 0. The molecule has 0 saturated heterocycles. The monoisotopic (exact) mass is 283 g/mol. The maximum absolute atomic E-state index is 5.85. The molecule has 110 valence electrons. The van der Waals surface area contributed by atoms with E-state index in [0.717, 1.165) is 43.1 Å². The minimum absolute atomic E-state index is 0.516. The van der Waals surface area contributed by atoms with Crippen LogP contribution in [0.5, 0.6) is 11.5 Å². The number of rotatable bonds is 5. The average Bonchev–Trinajstić information content (AvgIpc) is 2.54. The van der Waals surface area contributed by atoms with E-state index in [0.29, 0.717) is 12.5 Å². The van der Waals surface area contributed by atoms with Crippen molar-refractivity contribution >= 4 is 0 Å². The maximum atomic E-state index is 5.85. The summed E-state index contributed by atoms with van der Waals surface area (Å²) in [4.78, 5) is 0. The Labute approximate surface area is 125 Å². The molecule has 1 atom stereocenters. The van der Waals surface area contributed by atoms with Crippen LogP contribution in [0.25, 0.3) is 0 Å². The first-order valence-corrected chi connectivity index (χ1v) is 7.50. The number of fused-ring (bicyclic) bond motifs is 1. The number of hydrogen-bond donors (Lipinski definition) is 1. The molecule has 1 aliphatic rings. The molecule has 0 aromatic heterocycles. The number of ether oxygens (including phenoxy) is 2. The lowest BCUT2D eigenvalue weighted by atomic mass is 9.90. The Bertz CT molecular complexity index is 583. The van der Waals surface area contributed by atoms with Crippen molar-refractivity contribution in [2.75, 3.05) is 13.2 Å². The maximum Gasteiger partial charge on any atom is 0.126 e. The first-order valence-electron chi connectivity index (χ1n) is 7.50. The van der Waals surface area contributed by atoms with Crippen molar-refractivity contribution in [3.05, 3.63) is 59.7 Å². The second kappa shape index (κ2) is 6.64. The van der Waals surface area contributed by atoms with Crippen molar-refractivity contribution < 1.29 is 9.47 Å². The van der Waals surface area contributed by atoms with Gasteiger partial charge in [-0.2, -0.15) is 0 Å². The lowest BCUT2D eigenvalue weighted by molar-refractivity contribution is 0.258. The third-order valence-corrected chi connectivity index (χ3v) is 3.91. The van der Waals surface area contributed by atoms with Crippen LogP contribution in [0.3, 0.4) is 0 Å². The Kier molecular flexibility index (Phi) is 4.41. The minimum atomic E-state index is 0.516. The van der Waals surface area contributed by atoms with Crippen LogP contribution >= 0.6 is 0 Å². The Hall–Kier alpha value is -2.00. The summed E-state index contributed by atoms with van der Waals surface area (Å²) in [6, 6.07) is 16.3. The van der Waals surface area contributed by atoms with E-state index >= 15 is 0 Å². The Morgan fingerprint density at radius 1 is 1.14 bits per heavy atom. The van der Waals surface area contributed by atoms with Gasteiger partial charge in [-0.1, -0.05) is 36.4 Å². The van der Waals surface area contributed by atoms with Gasteiger partial charge in [0, 0.05) is 6.07 Å². The Morgan fingerprint density at radius 2 is 2.00 bits per heavy atom. The molecular weight excluding hydrogens is 262 g/mol. The summed E-state index contributed by atoms with van der Waals surface area (Å²) in [5, 5.41) is 0. The van der Waals surface area contributed by atoms with Gasteiger partial charge in [0.05, 0.1) is 6.61 Å². The first kappa shape index (κ1) is 14.0. The standard InChI is InChI=1S/C18H21NO2/c19-10-8-15-9-11-20-18-12-16(6-7-17(15)18)21-13-14-4-2-1-3-5-14/h1-7,12,15H,8-11,13,19H2. The number of hydrogen-bond acceptors (Lipinski definition) is 3. The molecule has 2 aromatic carbocycles. The van der Waals surface area contributed by atoms with E-state index in [1.807, 2.05) is 30.3 Å². The van der Waals surface area contributed by atoms with Gasteiger partial charge in [0.1, 0.15) is 18.1 Å². The highest BCUT2D eigenvalue weighted by molar-refractivity contribution is 5.44. The topological polar surface area (TPSA) is 44.5 Å². The zero-order valence-electron chi connectivity index (χ0n) is 12.1. The molecule has 2 N–H and O–H groups in total. The van der Waals surface area contributed by atoms with Gasteiger partial charge < -0.3 is 15.2 Å². The van der Waals surface area contributed by atoms with E-state index < -0.39 is 0 Å². The van der Waals surface area contributed by atoms with Crippen molar-refractivity contribution in [2.45, 2.75) is 25.4 Å². The van der Waals surface area contributed by atoms with Crippen LogP contribution in [0.15, 0.2) is 48.5 Å². The normalized spacial score (nSPS) is 16.9. The number of benzene rings is 2. The molecule has 3 heteroatoms. The van der Waals surface area contributed by atoms with Gasteiger partial charge in [-0.05, 0) is 42.5 Å². The third-order valence-electron chi connectivity index (χ3n) is 3.91. The summed E-state index contributed by atoms with van der Waals surface area (Å²) in [6.45, 7) is 2.06. The van der Waals surface area contributed by atoms with E-state index in [-0.39, 0.29) is 0 Å². The fourth-order valence-electron chi connectivity index (χ4n) is 2.78. The molecule has 0 saturated carbocycles. The zero-order chi connectivity index (χ0) is 14.5. The van der Waals surface area contributed by atoms with Gasteiger partial charge in [-0.3, -0.25) is 0 Å². The molecule has 0 aliphatic carbocycles. The number of nitrogens with two attached hydrogens (primary N) is 1. The van der Waals surface area contributed by atoms with Crippen molar-refractivity contribution in [1.29, 1.82) is 0 Å². The van der Waals surface area contributed by atoms with Crippen LogP contribution in [0.2, 0.25) is 0 Å². The van der Waals surface area contributed by atoms with Gasteiger partial charge >= 0.3 is 0 Å². The summed E-state index contributed by atoms with van der Waals surface area (Å²) in [6.07, 6.45) is 2.06. The predicted molar refractivity (Wildman–Crippen MR) is 83.7 cm³/mol. The molecule has 2 aromatic rings. The van der Waals surface area contributed by atoms with Gasteiger partial charge in [-0.25, -0.2) is 0 Å². The van der Waals surface area contributed by atoms with Crippen molar-refractivity contribution in [2.24, 2.45) is 5.73 Å². The van der Waals surface area contributed by atoms with Crippen LogP contribution in [0.4, 0.5) is 0 Å². The summed E-state index contributed by atoms with van der Waals surface area (Å²) in [5.74, 6) is 2.32. The molecule has 0 amide bonds. The van der Waals surface area contributed by atoms with E-state index in [2.05, 4.69) is 18.2 Å². The smallest absolute Gasteiger partial charge is 0.126 e. The largest absolute Gasteiger partial charge is 0.493 e. The highest BCUT2D eigenvalue weighted by Gasteiger charge is 2.21. The summed E-state index contributed by atoms with van der Waals surface area (Å²) < 4.78 is 11.6. The van der Waals surface area contributed by atoms with E-state index in [1.165, 1.54) is 5.56 Å². The molecule has 0 radical (unpaired) electrons. The Balaban J connectivity index is 1.71. The molecule has 1 unspecified atom stereocenters. The van der Waals surface area contributed by atoms with Gasteiger partial charge in [0.2, 0.25) is 0 Å². The summed E-state index contributed by atoms with van der Waals surface area (Å²) in [5.41, 5.74) is 8.12. The molecular formula is C18H21NO2. The molecule has 0 bridgehead atoms. The fourth-order valence-corrected chi connectivity index (χ4v) is 2.78. The minimum Gasteiger partial charge on any atom is -0.493 e. The van der Waals surface area contributed by atoms with Crippen molar-refractivity contribution in [3.63, 3.8) is 0 Å². The second-order valence-electron chi connectivity index (χ2n) is 5.39. The third kappa shape index (κ3) is 3.37. The first-order chi connectivity index (χ1) is 10.4. The van der Waals surface area contributed by atoms with Crippen molar-refractivity contribution in [3.8, 4) is 11.5 Å². The van der Waals surface area contributed by atoms with Gasteiger partial charge in [0.25, 0.3) is 0 Å². The Morgan fingerprint density at radius 3 is 2.81 bits per heavy atom. The van der Waals surface area contributed by atoms with Crippen LogP contribution in [-0.4, -0.2) is 13.2 Å². The highest BCUT2D eigenvalue weighted by Crippen LogP contribution is 2.37. The van der Waals surface area contributed by atoms with E-state index in [9.17, 15) is 0 Å². The van der Waals surface area contributed by atoms with Crippen LogP contribution in [0, 0.1) is 0 Å². The van der Waals surface area contributed by atoms with Crippen LogP contribution in [0.1, 0.15) is 29.9 Å². The molecule has 0 fully saturated rings. The fraction of sp³-hybridized carbons (Fsp3) is 0.333. The lowest BCUT2D eigenvalue weighted by Crippen LogP contribution is -2.17. The average molecular weight is 283 g/mol. The predicted octanol–water partition coefficient (Wildman–Crippen LogP) is 3.48. The second-order valence-corrected chi connectivity index (χ2v) is 5.39. The SMILES string of the molecule is NCCC1CCOc2cc(OCc3ccccc3)ccc21. The van der Waals surface area contributed by atoms with Gasteiger partial charge in [-0.15, -0.1) is 0 Å². The van der Waals surface area contributed by atoms with Crippen LogP contribution in [-0.2, 0) is 6.61 Å². The van der Waals surface area contributed by atoms with E-state index in [4.69, 9.17) is 15.2 Å². The molecule has 3 rings (SSSR count). The van der Waals surface area contributed by atoms with Crippen molar-refractivity contribution in [1.82, 2.24) is 0 Å². The van der Waals surface area contributed by atoms with E-state index in [1.54, 1.807) is 0 Å². The zero-order valence-corrected chi connectivity index (χ0v) is 12.1. The lowest BCUT2D eigenvalue weighted by Gasteiger charge is -2.26.